The van der Waals surface area contributed by atoms with Gasteiger partial charge in [-0.3, -0.25) is 4.79 Å². The number of hydrogen-bond donors (Lipinski definition) is 0. The molecule has 3 rings (SSSR count). The van der Waals surface area contributed by atoms with Crippen molar-refractivity contribution < 1.29 is 18.0 Å². The first-order chi connectivity index (χ1) is 11.4. The lowest BCUT2D eigenvalue weighted by Crippen LogP contribution is -2.49. The number of rotatable bonds is 3. The van der Waals surface area contributed by atoms with Gasteiger partial charge in [-0.1, -0.05) is 0 Å². The molecule has 2 aliphatic heterocycles. The molecule has 1 aromatic heterocycles. The van der Waals surface area contributed by atoms with Gasteiger partial charge >= 0.3 is 6.18 Å². The molecule has 0 atom stereocenters. The number of halogens is 3. The summed E-state index contributed by atoms with van der Waals surface area (Å²) in [7, 11) is 0. The molecule has 3 heterocycles. The van der Waals surface area contributed by atoms with Gasteiger partial charge in [0, 0.05) is 45.3 Å². The summed E-state index contributed by atoms with van der Waals surface area (Å²) in [4.78, 5) is 25.7. The highest BCUT2D eigenvalue weighted by molar-refractivity contribution is 5.77. The van der Waals surface area contributed by atoms with Crippen molar-refractivity contribution in [2.24, 2.45) is 0 Å². The number of carbonyl (C=O) groups excluding carboxylic acids is 1. The Labute approximate surface area is 138 Å². The number of amides is 1. The van der Waals surface area contributed by atoms with Crippen molar-refractivity contribution >= 4 is 17.5 Å². The standard InChI is InChI=1S/C15H20F3N5O/c16-15(17,18)10-14(24)23-7-5-22(6-8-23)13-9-12(19-11-20-13)21-3-1-2-4-21/h9,11H,1-8,10H2. The first kappa shape index (κ1) is 16.8. The highest BCUT2D eigenvalue weighted by Crippen LogP contribution is 2.24. The summed E-state index contributed by atoms with van der Waals surface area (Å²) in [6.45, 7) is 3.46. The van der Waals surface area contributed by atoms with Crippen molar-refractivity contribution in [3.63, 3.8) is 0 Å². The molecule has 0 spiro atoms. The minimum Gasteiger partial charge on any atom is -0.356 e. The first-order valence-electron chi connectivity index (χ1n) is 8.09. The van der Waals surface area contributed by atoms with Crippen LogP contribution in [0, 0.1) is 0 Å². The van der Waals surface area contributed by atoms with Crippen LogP contribution >= 0.6 is 0 Å². The van der Waals surface area contributed by atoms with E-state index in [0.29, 0.717) is 13.1 Å². The average molecular weight is 343 g/mol. The van der Waals surface area contributed by atoms with Crippen LogP contribution in [0.4, 0.5) is 24.8 Å². The lowest BCUT2D eigenvalue weighted by molar-refractivity contribution is -0.161. The Morgan fingerprint density at radius 1 is 0.958 bits per heavy atom. The van der Waals surface area contributed by atoms with E-state index in [1.54, 1.807) is 0 Å². The van der Waals surface area contributed by atoms with Crippen molar-refractivity contribution in [2.75, 3.05) is 49.1 Å². The number of alkyl halides is 3. The normalized spacial score (nSPS) is 19.0. The van der Waals surface area contributed by atoms with Gasteiger partial charge in [-0.05, 0) is 12.8 Å². The Kier molecular flexibility index (Phi) is 4.77. The van der Waals surface area contributed by atoms with Crippen LogP contribution in [0.25, 0.3) is 0 Å². The number of piperazine rings is 1. The molecule has 0 unspecified atom stereocenters. The lowest BCUT2D eigenvalue weighted by atomic mass is 10.2. The molecule has 2 saturated heterocycles. The van der Waals surface area contributed by atoms with Crippen LogP contribution in [0.5, 0.6) is 0 Å². The fourth-order valence-corrected chi connectivity index (χ4v) is 3.10. The summed E-state index contributed by atoms with van der Waals surface area (Å²) in [5, 5.41) is 0. The molecule has 2 aliphatic rings. The topological polar surface area (TPSA) is 52.6 Å². The maximum atomic E-state index is 12.3. The van der Waals surface area contributed by atoms with Crippen LogP contribution in [0.1, 0.15) is 19.3 Å². The predicted molar refractivity (Wildman–Crippen MR) is 82.9 cm³/mol. The fourth-order valence-electron chi connectivity index (χ4n) is 3.10. The van der Waals surface area contributed by atoms with Crippen LogP contribution in [0.15, 0.2) is 12.4 Å². The average Bonchev–Trinajstić information content (AvgIpc) is 3.08. The van der Waals surface area contributed by atoms with E-state index in [-0.39, 0.29) is 13.1 Å². The van der Waals surface area contributed by atoms with Gasteiger partial charge in [0.2, 0.25) is 5.91 Å². The predicted octanol–water partition coefficient (Wildman–Crippen LogP) is 1.68. The zero-order valence-electron chi connectivity index (χ0n) is 13.3. The van der Waals surface area contributed by atoms with E-state index in [1.165, 1.54) is 11.2 Å². The van der Waals surface area contributed by atoms with Gasteiger partial charge in [-0.25, -0.2) is 9.97 Å². The van der Waals surface area contributed by atoms with E-state index in [0.717, 1.165) is 37.6 Å². The summed E-state index contributed by atoms with van der Waals surface area (Å²) in [6.07, 6.45) is -2.02. The first-order valence-corrected chi connectivity index (χ1v) is 8.09. The number of aromatic nitrogens is 2. The minimum atomic E-state index is -4.45. The van der Waals surface area contributed by atoms with Gasteiger partial charge in [0.15, 0.2) is 0 Å². The smallest absolute Gasteiger partial charge is 0.356 e. The van der Waals surface area contributed by atoms with Gasteiger partial charge in [0.05, 0.1) is 0 Å². The van der Waals surface area contributed by atoms with Crippen LogP contribution in [-0.4, -0.2) is 66.2 Å². The third-order valence-corrected chi connectivity index (χ3v) is 4.38. The molecule has 0 aliphatic carbocycles. The lowest BCUT2D eigenvalue weighted by Gasteiger charge is -2.35. The highest BCUT2D eigenvalue weighted by atomic mass is 19.4. The van der Waals surface area contributed by atoms with Crippen molar-refractivity contribution in [2.45, 2.75) is 25.4 Å². The Balaban J connectivity index is 1.58. The Bertz CT molecular complexity index is 581. The van der Waals surface area contributed by atoms with Crippen LogP contribution < -0.4 is 9.80 Å². The zero-order chi connectivity index (χ0) is 17.2. The second-order valence-corrected chi connectivity index (χ2v) is 6.09. The maximum Gasteiger partial charge on any atom is 0.397 e. The van der Waals surface area contributed by atoms with E-state index in [2.05, 4.69) is 14.9 Å². The molecule has 0 radical (unpaired) electrons. The molecular weight excluding hydrogens is 323 g/mol. The fraction of sp³-hybridized carbons (Fsp3) is 0.667. The van der Waals surface area contributed by atoms with Gasteiger partial charge < -0.3 is 14.7 Å². The van der Waals surface area contributed by atoms with E-state index >= 15 is 0 Å². The van der Waals surface area contributed by atoms with E-state index in [4.69, 9.17) is 0 Å². The Morgan fingerprint density at radius 2 is 1.50 bits per heavy atom. The van der Waals surface area contributed by atoms with Gasteiger partial charge in [-0.2, -0.15) is 13.2 Å². The van der Waals surface area contributed by atoms with Crippen LogP contribution in [0.2, 0.25) is 0 Å². The third kappa shape index (κ3) is 4.07. The molecule has 0 aromatic carbocycles. The summed E-state index contributed by atoms with van der Waals surface area (Å²) < 4.78 is 36.9. The van der Waals surface area contributed by atoms with Crippen molar-refractivity contribution in [3.8, 4) is 0 Å². The monoisotopic (exact) mass is 343 g/mol. The van der Waals surface area contributed by atoms with E-state index < -0.39 is 18.5 Å². The van der Waals surface area contributed by atoms with Crippen LogP contribution in [-0.2, 0) is 4.79 Å². The van der Waals surface area contributed by atoms with E-state index in [9.17, 15) is 18.0 Å². The van der Waals surface area contributed by atoms with Crippen molar-refractivity contribution in [3.05, 3.63) is 12.4 Å². The molecule has 24 heavy (non-hydrogen) atoms. The molecule has 1 aromatic rings. The Morgan fingerprint density at radius 3 is 2.04 bits per heavy atom. The largest absolute Gasteiger partial charge is 0.397 e. The summed E-state index contributed by atoms with van der Waals surface area (Å²) >= 11 is 0. The van der Waals surface area contributed by atoms with Gasteiger partial charge in [0.25, 0.3) is 0 Å². The summed E-state index contributed by atoms with van der Waals surface area (Å²) in [5.41, 5.74) is 0. The molecule has 1 amide bonds. The molecule has 6 nitrogen and oxygen atoms in total. The van der Waals surface area contributed by atoms with Crippen LogP contribution in [0.3, 0.4) is 0 Å². The summed E-state index contributed by atoms with van der Waals surface area (Å²) in [6, 6.07) is 1.92. The van der Waals surface area contributed by atoms with Gasteiger partial charge in [-0.15, -0.1) is 0 Å². The minimum absolute atomic E-state index is 0.276. The molecule has 2 fully saturated rings. The molecule has 0 saturated carbocycles. The second kappa shape index (κ2) is 6.82. The molecular formula is C15H20F3N5O. The molecule has 9 heteroatoms. The molecule has 132 valence electrons. The molecule has 0 N–H and O–H groups in total. The number of anilines is 2. The van der Waals surface area contributed by atoms with E-state index in [1.807, 2.05) is 11.0 Å². The highest BCUT2D eigenvalue weighted by Gasteiger charge is 2.34. The zero-order valence-corrected chi connectivity index (χ0v) is 13.3. The second-order valence-electron chi connectivity index (χ2n) is 6.09. The number of carbonyl (C=O) groups is 1. The van der Waals surface area contributed by atoms with Crippen molar-refractivity contribution in [1.29, 1.82) is 0 Å². The Hall–Kier alpha value is -2.06. The van der Waals surface area contributed by atoms with Crippen molar-refractivity contribution in [1.82, 2.24) is 14.9 Å². The summed E-state index contributed by atoms with van der Waals surface area (Å²) in [5.74, 6) is 0.783. The maximum absolute atomic E-state index is 12.3. The third-order valence-electron chi connectivity index (χ3n) is 4.38. The van der Waals surface area contributed by atoms with Gasteiger partial charge in [0.1, 0.15) is 24.4 Å². The SMILES string of the molecule is O=C(CC(F)(F)F)N1CCN(c2cc(N3CCCC3)ncn2)CC1. The number of hydrogen-bond acceptors (Lipinski definition) is 5. The quantitative estimate of drug-likeness (QED) is 0.836. The molecule has 0 bridgehead atoms. The number of nitrogens with zero attached hydrogens (tertiary/aromatic N) is 5.